The lowest BCUT2D eigenvalue weighted by molar-refractivity contribution is -0.116. The van der Waals surface area contributed by atoms with Crippen LogP contribution in [0.25, 0.3) is 0 Å². The third-order valence-electron chi connectivity index (χ3n) is 2.46. The first-order valence-electron chi connectivity index (χ1n) is 5.74. The van der Waals surface area contributed by atoms with Gasteiger partial charge in [-0.15, -0.1) is 0 Å². The van der Waals surface area contributed by atoms with E-state index in [1.54, 1.807) is 6.92 Å². The van der Waals surface area contributed by atoms with E-state index in [0.717, 1.165) is 11.4 Å². The van der Waals surface area contributed by atoms with Crippen LogP contribution in [0.2, 0.25) is 0 Å². The highest BCUT2D eigenvalue weighted by atomic mass is 16.3. The van der Waals surface area contributed by atoms with Gasteiger partial charge in [0.1, 0.15) is 0 Å². The number of aliphatic hydroxyl groups is 1. The van der Waals surface area contributed by atoms with Crippen molar-refractivity contribution in [1.82, 2.24) is 0 Å². The zero-order valence-electron chi connectivity index (χ0n) is 10.6. The lowest BCUT2D eigenvalue weighted by Gasteiger charge is -2.13. The Labute approximate surface area is 102 Å². The molecule has 1 aromatic carbocycles. The van der Waals surface area contributed by atoms with Gasteiger partial charge in [-0.1, -0.05) is 0 Å². The first-order valence-corrected chi connectivity index (χ1v) is 5.74. The highest BCUT2D eigenvalue weighted by Crippen LogP contribution is 2.15. The molecule has 4 nitrogen and oxygen atoms in total. The van der Waals surface area contributed by atoms with Crippen LogP contribution in [0.1, 0.15) is 19.8 Å². The maximum atomic E-state index is 11.5. The minimum atomic E-state index is -0.433. The molecule has 0 aromatic heterocycles. The maximum Gasteiger partial charge on any atom is 0.224 e. The highest BCUT2D eigenvalue weighted by molar-refractivity contribution is 5.90. The predicted molar refractivity (Wildman–Crippen MR) is 70.3 cm³/mol. The zero-order valence-corrected chi connectivity index (χ0v) is 10.6. The van der Waals surface area contributed by atoms with Gasteiger partial charge in [0.05, 0.1) is 6.10 Å². The molecule has 94 valence electrons. The molecular formula is C13H20N2O2. The number of hydrogen-bond donors (Lipinski definition) is 2. The van der Waals surface area contributed by atoms with Crippen molar-refractivity contribution >= 4 is 17.3 Å². The molecule has 0 saturated carbocycles. The van der Waals surface area contributed by atoms with Gasteiger partial charge in [0.15, 0.2) is 0 Å². The van der Waals surface area contributed by atoms with E-state index in [0.29, 0.717) is 12.8 Å². The Morgan fingerprint density at radius 2 is 1.94 bits per heavy atom. The molecule has 1 rings (SSSR count). The molecule has 4 heteroatoms. The molecule has 17 heavy (non-hydrogen) atoms. The summed E-state index contributed by atoms with van der Waals surface area (Å²) in [6.45, 7) is 1.68. The predicted octanol–water partition coefficient (Wildman–Crippen LogP) is 1.85. The first kappa shape index (κ1) is 13.5. The third kappa shape index (κ3) is 4.87. The Morgan fingerprint density at radius 3 is 2.41 bits per heavy atom. The van der Waals surface area contributed by atoms with Gasteiger partial charge < -0.3 is 15.3 Å². The fourth-order valence-electron chi connectivity index (χ4n) is 1.41. The molecule has 0 aliphatic rings. The summed E-state index contributed by atoms with van der Waals surface area (Å²) < 4.78 is 0. The zero-order chi connectivity index (χ0) is 12.8. The molecule has 0 spiro atoms. The lowest BCUT2D eigenvalue weighted by atomic mass is 10.2. The van der Waals surface area contributed by atoms with Crippen LogP contribution >= 0.6 is 0 Å². The number of anilines is 2. The van der Waals surface area contributed by atoms with E-state index >= 15 is 0 Å². The van der Waals surface area contributed by atoms with Crippen molar-refractivity contribution in [3.8, 4) is 0 Å². The average molecular weight is 236 g/mol. The van der Waals surface area contributed by atoms with Crippen molar-refractivity contribution in [2.24, 2.45) is 0 Å². The second-order valence-electron chi connectivity index (χ2n) is 4.38. The summed E-state index contributed by atoms with van der Waals surface area (Å²) in [4.78, 5) is 13.5. The summed E-state index contributed by atoms with van der Waals surface area (Å²) in [7, 11) is 3.94. The SMILES string of the molecule is CC(O)CCC(=O)Nc1ccc(N(C)C)cc1. The summed E-state index contributed by atoms with van der Waals surface area (Å²) in [5.41, 5.74) is 1.87. The van der Waals surface area contributed by atoms with Crippen molar-refractivity contribution in [3.05, 3.63) is 24.3 Å². The van der Waals surface area contributed by atoms with Gasteiger partial charge in [-0.3, -0.25) is 4.79 Å². The molecule has 0 fully saturated rings. The normalized spacial score (nSPS) is 12.0. The molecule has 2 N–H and O–H groups in total. The van der Waals surface area contributed by atoms with Crippen molar-refractivity contribution < 1.29 is 9.90 Å². The number of nitrogens with one attached hydrogen (secondary N) is 1. The molecule has 1 atom stereocenters. The largest absolute Gasteiger partial charge is 0.393 e. The Balaban J connectivity index is 2.48. The second kappa shape index (κ2) is 6.25. The monoisotopic (exact) mass is 236 g/mol. The van der Waals surface area contributed by atoms with Crippen LogP contribution in [0.5, 0.6) is 0 Å². The van der Waals surface area contributed by atoms with Gasteiger partial charge in [-0.05, 0) is 37.6 Å². The summed E-state index contributed by atoms with van der Waals surface area (Å²) in [5.74, 6) is -0.0662. The summed E-state index contributed by atoms with van der Waals surface area (Å²) >= 11 is 0. The van der Waals surface area contributed by atoms with Gasteiger partial charge >= 0.3 is 0 Å². The van der Waals surface area contributed by atoms with E-state index in [1.807, 2.05) is 43.3 Å². The molecule has 0 bridgehead atoms. The van der Waals surface area contributed by atoms with Gasteiger partial charge in [-0.25, -0.2) is 0 Å². The number of hydrogen-bond acceptors (Lipinski definition) is 3. The Kier molecular flexibility index (Phi) is 4.97. The Morgan fingerprint density at radius 1 is 1.35 bits per heavy atom. The highest BCUT2D eigenvalue weighted by Gasteiger charge is 2.04. The molecule has 0 radical (unpaired) electrons. The topological polar surface area (TPSA) is 52.6 Å². The van der Waals surface area contributed by atoms with Gasteiger partial charge in [0.2, 0.25) is 5.91 Å². The molecule has 0 heterocycles. The molecule has 1 amide bonds. The van der Waals surface area contributed by atoms with Crippen LogP contribution in [0.3, 0.4) is 0 Å². The molecule has 0 aliphatic heterocycles. The van der Waals surface area contributed by atoms with E-state index in [2.05, 4.69) is 5.32 Å². The van der Waals surface area contributed by atoms with Gasteiger partial charge in [0, 0.05) is 31.9 Å². The molecule has 1 unspecified atom stereocenters. The van der Waals surface area contributed by atoms with E-state index < -0.39 is 6.10 Å². The van der Waals surface area contributed by atoms with E-state index in [4.69, 9.17) is 5.11 Å². The minimum absolute atomic E-state index is 0.0662. The Hall–Kier alpha value is -1.55. The minimum Gasteiger partial charge on any atom is -0.393 e. The number of carbonyl (C=O) groups is 1. The Bertz CT molecular complexity index is 358. The van der Waals surface area contributed by atoms with E-state index in [-0.39, 0.29) is 5.91 Å². The van der Waals surface area contributed by atoms with Crippen LogP contribution in [0.4, 0.5) is 11.4 Å². The average Bonchev–Trinajstić information content (AvgIpc) is 2.27. The van der Waals surface area contributed by atoms with E-state index in [9.17, 15) is 4.79 Å². The fourth-order valence-corrected chi connectivity index (χ4v) is 1.41. The fraction of sp³-hybridized carbons (Fsp3) is 0.462. The number of amides is 1. The quantitative estimate of drug-likeness (QED) is 0.820. The van der Waals surface area contributed by atoms with Gasteiger partial charge in [0.25, 0.3) is 0 Å². The van der Waals surface area contributed by atoms with Crippen LogP contribution in [0, 0.1) is 0 Å². The molecule has 0 aliphatic carbocycles. The number of benzene rings is 1. The number of aliphatic hydroxyl groups excluding tert-OH is 1. The van der Waals surface area contributed by atoms with Gasteiger partial charge in [-0.2, -0.15) is 0 Å². The lowest BCUT2D eigenvalue weighted by Crippen LogP contribution is -2.14. The standard InChI is InChI=1S/C13H20N2O2/c1-10(16)4-9-13(17)14-11-5-7-12(8-6-11)15(2)3/h5-8,10,16H,4,9H2,1-3H3,(H,14,17). The van der Waals surface area contributed by atoms with Crippen molar-refractivity contribution in [2.75, 3.05) is 24.3 Å². The first-order chi connectivity index (χ1) is 7.99. The van der Waals surface area contributed by atoms with Crippen LogP contribution in [-0.2, 0) is 4.79 Å². The smallest absolute Gasteiger partial charge is 0.224 e. The number of rotatable bonds is 5. The van der Waals surface area contributed by atoms with Crippen LogP contribution < -0.4 is 10.2 Å². The van der Waals surface area contributed by atoms with Crippen LogP contribution in [0.15, 0.2) is 24.3 Å². The van der Waals surface area contributed by atoms with Crippen molar-refractivity contribution in [1.29, 1.82) is 0 Å². The molecular weight excluding hydrogens is 216 g/mol. The van der Waals surface area contributed by atoms with Crippen molar-refractivity contribution in [3.63, 3.8) is 0 Å². The summed E-state index contributed by atoms with van der Waals surface area (Å²) in [5, 5.41) is 11.9. The second-order valence-corrected chi connectivity index (χ2v) is 4.38. The van der Waals surface area contributed by atoms with Crippen LogP contribution in [-0.4, -0.2) is 31.2 Å². The molecule has 0 saturated heterocycles. The number of nitrogens with zero attached hydrogens (tertiary/aromatic N) is 1. The third-order valence-corrected chi connectivity index (χ3v) is 2.46. The number of carbonyl (C=O) groups excluding carboxylic acids is 1. The summed E-state index contributed by atoms with van der Waals surface area (Å²) in [6, 6.07) is 7.64. The van der Waals surface area contributed by atoms with E-state index in [1.165, 1.54) is 0 Å². The molecule has 1 aromatic rings. The summed E-state index contributed by atoms with van der Waals surface area (Å²) in [6.07, 6.45) is 0.395. The maximum absolute atomic E-state index is 11.5. The van der Waals surface area contributed by atoms with Crippen molar-refractivity contribution in [2.45, 2.75) is 25.9 Å².